The second kappa shape index (κ2) is 8.89. The first-order valence-electron chi connectivity index (χ1n) is 9.13. The van der Waals surface area contributed by atoms with E-state index < -0.39 is 15.9 Å². The van der Waals surface area contributed by atoms with Crippen LogP contribution in [0, 0.1) is 12.8 Å². The maximum atomic E-state index is 12.9. The molecule has 28 heavy (non-hydrogen) atoms. The molecule has 0 spiro atoms. The number of carbonyl (C=O) groups is 1. The quantitative estimate of drug-likeness (QED) is 0.547. The maximum Gasteiger partial charge on any atom is 0.243 e. The largest absolute Gasteiger partial charge is 0.300 e. The van der Waals surface area contributed by atoms with Gasteiger partial charge in [-0.1, -0.05) is 54.6 Å². The van der Waals surface area contributed by atoms with Gasteiger partial charge in [-0.05, 0) is 31.9 Å². The standard InChI is InChI=1S/C18H24N4O3S3/c1-12(2)26-18-21-20-17(27-18)19-16(23)14-5-4-10-22(11-14)28(24,25)15-8-6-13(3)7-9-15/h6-9,12,14H,4-5,10-11H2,1-3H3,(H,19,20,23)/t14-/m1/s1. The number of aromatic nitrogens is 2. The Kier molecular flexibility index (Phi) is 6.74. The van der Waals surface area contributed by atoms with Crippen LogP contribution in [0.2, 0.25) is 0 Å². The number of rotatable bonds is 6. The van der Waals surface area contributed by atoms with E-state index in [0.29, 0.717) is 29.8 Å². The molecule has 1 aliphatic heterocycles. The minimum Gasteiger partial charge on any atom is -0.300 e. The highest BCUT2D eigenvalue weighted by atomic mass is 32.2. The fourth-order valence-electron chi connectivity index (χ4n) is 2.95. The summed E-state index contributed by atoms with van der Waals surface area (Å²) < 4.78 is 28.0. The van der Waals surface area contributed by atoms with E-state index in [1.54, 1.807) is 36.0 Å². The van der Waals surface area contributed by atoms with Gasteiger partial charge >= 0.3 is 0 Å². The first kappa shape index (κ1) is 21.2. The van der Waals surface area contributed by atoms with Crippen LogP contribution >= 0.6 is 23.1 Å². The van der Waals surface area contributed by atoms with Gasteiger partial charge in [0, 0.05) is 18.3 Å². The van der Waals surface area contributed by atoms with Crippen LogP contribution in [0.5, 0.6) is 0 Å². The molecule has 1 fully saturated rings. The first-order chi connectivity index (χ1) is 13.3. The van der Waals surface area contributed by atoms with Gasteiger partial charge < -0.3 is 5.32 Å². The molecule has 1 amide bonds. The normalized spacial score (nSPS) is 18.4. The molecule has 1 atom stereocenters. The third kappa shape index (κ3) is 5.11. The zero-order valence-corrected chi connectivity index (χ0v) is 18.5. The summed E-state index contributed by atoms with van der Waals surface area (Å²) in [5.41, 5.74) is 1.00. The van der Waals surface area contributed by atoms with Crippen molar-refractivity contribution in [3.05, 3.63) is 29.8 Å². The van der Waals surface area contributed by atoms with Gasteiger partial charge in [0.2, 0.25) is 21.1 Å². The van der Waals surface area contributed by atoms with Gasteiger partial charge in [-0.2, -0.15) is 4.31 Å². The van der Waals surface area contributed by atoms with Crippen LogP contribution < -0.4 is 5.32 Å². The molecule has 7 nitrogen and oxygen atoms in total. The number of hydrogen-bond acceptors (Lipinski definition) is 7. The van der Waals surface area contributed by atoms with Gasteiger partial charge in [0.15, 0.2) is 4.34 Å². The van der Waals surface area contributed by atoms with E-state index in [4.69, 9.17) is 0 Å². The molecule has 2 heterocycles. The Morgan fingerprint density at radius 1 is 1.29 bits per heavy atom. The van der Waals surface area contributed by atoms with Crippen molar-refractivity contribution >= 4 is 44.2 Å². The highest BCUT2D eigenvalue weighted by Crippen LogP contribution is 2.30. The maximum absolute atomic E-state index is 12.9. The smallest absolute Gasteiger partial charge is 0.243 e. The lowest BCUT2D eigenvalue weighted by atomic mass is 9.99. The van der Waals surface area contributed by atoms with E-state index >= 15 is 0 Å². The van der Waals surface area contributed by atoms with Crippen molar-refractivity contribution in [2.24, 2.45) is 5.92 Å². The molecule has 152 valence electrons. The van der Waals surface area contributed by atoms with Crippen molar-refractivity contribution < 1.29 is 13.2 Å². The first-order valence-corrected chi connectivity index (χ1v) is 12.3. The molecule has 1 N–H and O–H groups in total. The number of benzene rings is 1. The number of nitrogens with zero attached hydrogens (tertiary/aromatic N) is 3. The minimum absolute atomic E-state index is 0.175. The van der Waals surface area contributed by atoms with Crippen LogP contribution in [0.3, 0.4) is 0 Å². The number of nitrogens with one attached hydrogen (secondary N) is 1. The summed E-state index contributed by atoms with van der Waals surface area (Å²) in [5, 5.41) is 11.7. The molecule has 10 heteroatoms. The predicted octanol–water partition coefficient (Wildman–Crippen LogP) is 3.39. The summed E-state index contributed by atoms with van der Waals surface area (Å²) in [6, 6.07) is 6.79. The van der Waals surface area contributed by atoms with E-state index in [1.807, 2.05) is 6.92 Å². The number of sulfonamides is 1. The van der Waals surface area contributed by atoms with E-state index in [1.165, 1.54) is 15.6 Å². The lowest BCUT2D eigenvalue weighted by Gasteiger charge is -2.31. The molecule has 0 radical (unpaired) electrons. The number of thioether (sulfide) groups is 1. The third-order valence-corrected chi connectivity index (χ3v) is 8.19. The lowest BCUT2D eigenvalue weighted by Crippen LogP contribution is -2.43. The summed E-state index contributed by atoms with van der Waals surface area (Å²) in [7, 11) is -3.60. The second-order valence-electron chi connectivity index (χ2n) is 7.04. The molecule has 2 aromatic rings. The van der Waals surface area contributed by atoms with Gasteiger partial charge in [0.05, 0.1) is 10.8 Å². The molecular formula is C18H24N4O3S3. The van der Waals surface area contributed by atoms with Crippen molar-refractivity contribution in [2.45, 2.75) is 48.1 Å². The number of anilines is 1. The molecule has 0 aliphatic carbocycles. The summed E-state index contributed by atoms with van der Waals surface area (Å²) in [6.07, 6.45) is 1.30. The summed E-state index contributed by atoms with van der Waals surface area (Å²) in [5.74, 6) is -0.611. The summed E-state index contributed by atoms with van der Waals surface area (Å²) in [6.45, 7) is 6.64. The SMILES string of the molecule is Cc1ccc(S(=O)(=O)N2CCC[C@@H](C(=O)Nc3nnc(SC(C)C)s3)C2)cc1. The Hall–Kier alpha value is -1.49. The number of aryl methyl sites for hydroxylation is 1. The molecule has 0 unspecified atom stereocenters. The molecule has 0 saturated carbocycles. The highest BCUT2D eigenvalue weighted by molar-refractivity contribution is 8.01. The van der Waals surface area contributed by atoms with Crippen molar-refractivity contribution in [3.63, 3.8) is 0 Å². The fourth-order valence-corrected chi connectivity index (χ4v) is 6.45. The zero-order valence-electron chi connectivity index (χ0n) is 16.1. The van der Waals surface area contributed by atoms with E-state index in [-0.39, 0.29) is 17.3 Å². The van der Waals surface area contributed by atoms with Crippen LogP contribution in [0.4, 0.5) is 5.13 Å². The van der Waals surface area contributed by atoms with Gasteiger partial charge in [-0.25, -0.2) is 8.42 Å². The Morgan fingerprint density at radius 2 is 2.00 bits per heavy atom. The predicted molar refractivity (Wildman–Crippen MR) is 112 cm³/mol. The molecule has 1 aromatic heterocycles. The van der Waals surface area contributed by atoms with Gasteiger partial charge in [0.1, 0.15) is 0 Å². The van der Waals surface area contributed by atoms with E-state index in [9.17, 15) is 13.2 Å². The van der Waals surface area contributed by atoms with Crippen LogP contribution in [0.1, 0.15) is 32.3 Å². The molecular weight excluding hydrogens is 416 g/mol. The van der Waals surface area contributed by atoms with Crippen LogP contribution in [0.15, 0.2) is 33.5 Å². The number of amides is 1. The molecule has 1 aromatic carbocycles. The molecule has 1 saturated heterocycles. The Balaban J connectivity index is 1.66. The zero-order chi connectivity index (χ0) is 20.3. The molecule has 0 bridgehead atoms. The fraction of sp³-hybridized carbons (Fsp3) is 0.500. The molecule has 3 rings (SSSR count). The van der Waals surface area contributed by atoms with Crippen LogP contribution in [0.25, 0.3) is 0 Å². The van der Waals surface area contributed by atoms with Gasteiger partial charge in [0.25, 0.3) is 0 Å². The Labute approximate surface area is 174 Å². The second-order valence-corrected chi connectivity index (χ2v) is 11.8. The third-order valence-electron chi connectivity index (χ3n) is 4.39. The number of carbonyl (C=O) groups excluding carboxylic acids is 1. The topological polar surface area (TPSA) is 92.3 Å². The van der Waals surface area contributed by atoms with Crippen LogP contribution in [-0.2, 0) is 14.8 Å². The van der Waals surface area contributed by atoms with E-state index in [2.05, 4.69) is 29.4 Å². The van der Waals surface area contributed by atoms with Crippen molar-refractivity contribution in [3.8, 4) is 0 Å². The average molecular weight is 441 g/mol. The number of piperidine rings is 1. The Bertz CT molecular complexity index is 926. The van der Waals surface area contributed by atoms with Crippen LogP contribution in [-0.4, -0.2) is 47.2 Å². The monoisotopic (exact) mass is 440 g/mol. The summed E-state index contributed by atoms with van der Waals surface area (Å²) >= 11 is 2.93. The van der Waals surface area contributed by atoms with Crippen molar-refractivity contribution in [1.82, 2.24) is 14.5 Å². The highest BCUT2D eigenvalue weighted by Gasteiger charge is 2.33. The lowest BCUT2D eigenvalue weighted by molar-refractivity contribution is -0.120. The van der Waals surface area contributed by atoms with Crippen molar-refractivity contribution in [1.29, 1.82) is 0 Å². The minimum atomic E-state index is -3.60. The Morgan fingerprint density at radius 3 is 2.68 bits per heavy atom. The van der Waals surface area contributed by atoms with E-state index in [0.717, 1.165) is 9.90 Å². The van der Waals surface area contributed by atoms with Gasteiger partial charge in [-0.3, -0.25) is 4.79 Å². The van der Waals surface area contributed by atoms with Crippen molar-refractivity contribution in [2.75, 3.05) is 18.4 Å². The van der Waals surface area contributed by atoms with Gasteiger partial charge in [-0.15, -0.1) is 10.2 Å². The summed E-state index contributed by atoms with van der Waals surface area (Å²) in [4.78, 5) is 12.9. The molecule has 1 aliphatic rings. The average Bonchev–Trinajstić information content (AvgIpc) is 3.08. The number of hydrogen-bond donors (Lipinski definition) is 1.